The van der Waals surface area contributed by atoms with Gasteiger partial charge in [0.25, 0.3) is 0 Å². The standard InChI is InChI=1S/C20H39NO2/c1-6-14-21(8-3)15-11-18-16-22-20(23-18)12-9-17(10-13-20)19(4,5)7-2/h17-18H,6-16H2,1-5H3. The van der Waals surface area contributed by atoms with Crippen LogP contribution in [0.4, 0.5) is 0 Å². The van der Waals surface area contributed by atoms with Gasteiger partial charge in [0, 0.05) is 19.4 Å². The Bertz CT molecular complexity index is 348. The van der Waals surface area contributed by atoms with Crippen LogP contribution in [0, 0.1) is 11.3 Å². The molecule has 1 atom stereocenters. The Balaban J connectivity index is 1.77. The summed E-state index contributed by atoms with van der Waals surface area (Å²) < 4.78 is 12.6. The number of rotatable bonds is 8. The summed E-state index contributed by atoms with van der Waals surface area (Å²) >= 11 is 0. The van der Waals surface area contributed by atoms with E-state index in [1.54, 1.807) is 0 Å². The van der Waals surface area contributed by atoms with E-state index in [9.17, 15) is 0 Å². The average molecular weight is 326 g/mol. The molecule has 3 heteroatoms. The van der Waals surface area contributed by atoms with Crippen LogP contribution in [0.15, 0.2) is 0 Å². The highest BCUT2D eigenvalue weighted by Gasteiger charge is 2.46. The van der Waals surface area contributed by atoms with Crippen LogP contribution in [0.3, 0.4) is 0 Å². The van der Waals surface area contributed by atoms with E-state index in [1.807, 2.05) is 0 Å². The van der Waals surface area contributed by atoms with Crippen LogP contribution in [-0.2, 0) is 9.47 Å². The Hall–Kier alpha value is -0.120. The minimum Gasteiger partial charge on any atom is -0.347 e. The molecule has 1 saturated heterocycles. The van der Waals surface area contributed by atoms with E-state index in [1.165, 1.54) is 32.2 Å². The van der Waals surface area contributed by atoms with Gasteiger partial charge in [-0.1, -0.05) is 41.0 Å². The SMILES string of the molecule is CCCN(CC)CCC1COC2(CCC(C(C)(C)CC)CC2)O1. The van der Waals surface area contributed by atoms with Gasteiger partial charge in [0.15, 0.2) is 5.79 Å². The van der Waals surface area contributed by atoms with Crippen LogP contribution in [0.25, 0.3) is 0 Å². The molecule has 1 heterocycles. The first-order chi connectivity index (χ1) is 10.9. The van der Waals surface area contributed by atoms with Gasteiger partial charge in [-0.15, -0.1) is 0 Å². The molecule has 0 bridgehead atoms. The second-order valence-corrected chi connectivity index (χ2v) is 8.30. The normalized spacial score (nSPS) is 32.1. The Morgan fingerprint density at radius 3 is 2.35 bits per heavy atom. The van der Waals surface area contributed by atoms with E-state index in [4.69, 9.17) is 9.47 Å². The number of hydrogen-bond donors (Lipinski definition) is 0. The van der Waals surface area contributed by atoms with Crippen molar-refractivity contribution in [2.75, 3.05) is 26.2 Å². The van der Waals surface area contributed by atoms with Crippen LogP contribution >= 0.6 is 0 Å². The maximum Gasteiger partial charge on any atom is 0.168 e. The lowest BCUT2D eigenvalue weighted by molar-refractivity contribution is -0.197. The lowest BCUT2D eigenvalue weighted by Crippen LogP contribution is -2.39. The van der Waals surface area contributed by atoms with E-state index >= 15 is 0 Å². The topological polar surface area (TPSA) is 21.7 Å². The molecule has 2 rings (SSSR count). The molecule has 0 aromatic heterocycles. The first kappa shape index (κ1) is 19.2. The predicted octanol–water partition coefficient (Wildman–Crippen LogP) is 4.85. The summed E-state index contributed by atoms with van der Waals surface area (Å²) in [5.74, 6) is 0.580. The van der Waals surface area contributed by atoms with E-state index in [2.05, 4.69) is 39.5 Å². The van der Waals surface area contributed by atoms with Crippen molar-refractivity contribution in [2.45, 2.75) is 91.5 Å². The third kappa shape index (κ3) is 4.93. The number of nitrogens with zero attached hydrogens (tertiary/aromatic N) is 1. The lowest BCUT2D eigenvalue weighted by Gasteiger charge is -2.42. The van der Waals surface area contributed by atoms with E-state index in [0.717, 1.165) is 44.9 Å². The Kier molecular flexibility index (Phi) is 6.94. The second-order valence-electron chi connectivity index (χ2n) is 8.30. The molecule has 0 amide bonds. The summed E-state index contributed by atoms with van der Waals surface area (Å²) in [4.78, 5) is 2.52. The highest BCUT2D eigenvalue weighted by Crippen LogP contribution is 2.47. The monoisotopic (exact) mass is 325 g/mol. The van der Waals surface area contributed by atoms with Crippen LogP contribution in [0.1, 0.15) is 79.6 Å². The fraction of sp³-hybridized carbons (Fsp3) is 1.00. The smallest absolute Gasteiger partial charge is 0.168 e. The molecular formula is C20H39NO2. The van der Waals surface area contributed by atoms with Crippen molar-refractivity contribution in [1.82, 2.24) is 4.90 Å². The summed E-state index contributed by atoms with van der Waals surface area (Å²) in [5, 5.41) is 0. The van der Waals surface area contributed by atoms with Crippen LogP contribution < -0.4 is 0 Å². The fourth-order valence-electron chi connectivity index (χ4n) is 4.22. The molecular weight excluding hydrogens is 286 g/mol. The Morgan fingerprint density at radius 2 is 1.78 bits per heavy atom. The molecule has 0 N–H and O–H groups in total. The molecule has 2 fully saturated rings. The molecule has 1 saturated carbocycles. The maximum absolute atomic E-state index is 6.41. The van der Waals surface area contributed by atoms with E-state index in [-0.39, 0.29) is 5.79 Å². The Labute approximate surface area is 144 Å². The van der Waals surface area contributed by atoms with Crippen molar-refractivity contribution in [1.29, 1.82) is 0 Å². The van der Waals surface area contributed by atoms with Gasteiger partial charge < -0.3 is 14.4 Å². The van der Waals surface area contributed by atoms with E-state index < -0.39 is 0 Å². The minimum absolute atomic E-state index is 0.243. The molecule has 0 aromatic rings. The first-order valence-electron chi connectivity index (χ1n) is 9.98. The fourth-order valence-corrected chi connectivity index (χ4v) is 4.22. The predicted molar refractivity (Wildman–Crippen MR) is 96.6 cm³/mol. The van der Waals surface area contributed by atoms with Crippen LogP contribution in [0.2, 0.25) is 0 Å². The molecule has 136 valence electrons. The zero-order chi connectivity index (χ0) is 16.9. The summed E-state index contributed by atoms with van der Waals surface area (Å²) in [6.45, 7) is 15.9. The molecule has 0 aromatic carbocycles. The molecule has 1 unspecified atom stereocenters. The Morgan fingerprint density at radius 1 is 1.09 bits per heavy atom. The van der Waals surface area contributed by atoms with Crippen LogP contribution in [-0.4, -0.2) is 43.0 Å². The van der Waals surface area contributed by atoms with Crippen molar-refractivity contribution < 1.29 is 9.47 Å². The summed E-state index contributed by atoms with van der Waals surface area (Å²) in [7, 11) is 0. The van der Waals surface area contributed by atoms with Gasteiger partial charge in [0.2, 0.25) is 0 Å². The summed E-state index contributed by atoms with van der Waals surface area (Å²) in [6, 6.07) is 0. The number of ether oxygens (including phenoxy) is 2. The molecule has 3 nitrogen and oxygen atoms in total. The zero-order valence-corrected chi connectivity index (χ0v) is 16.2. The largest absolute Gasteiger partial charge is 0.347 e. The quantitative estimate of drug-likeness (QED) is 0.637. The van der Waals surface area contributed by atoms with Crippen molar-refractivity contribution in [3.05, 3.63) is 0 Å². The molecule has 23 heavy (non-hydrogen) atoms. The molecule has 1 spiro atoms. The number of hydrogen-bond acceptors (Lipinski definition) is 3. The maximum atomic E-state index is 6.41. The zero-order valence-electron chi connectivity index (χ0n) is 16.2. The highest BCUT2D eigenvalue weighted by molar-refractivity contribution is 4.89. The van der Waals surface area contributed by atoms with Crippen molar-refractivity contribution in [3.63, 3.8) is 0 Å². The third-order valence-electron chi connectivity index (χ3n) is 6.43. The van der Waals surface area contributed by atoms with Gasteiger partial charge in [-0.3, -0.25) is 0 Å². The molecule has 1 aliphatic carbocycles. The van der Waals surface area contributed by atoms with Gasteiger partial charge in [-0.2, -0.15) is 0 Å². The molecule has 2 aliphatic rings. The van der Waals surface area contributed by atoms with E-state index in [0.29, 0.717) is 11.5 Å². The van der Waals surface area contributed by atoms with Crippen molar-refractivity contribution in [3.8, 4) is 0 Å². The lowest BCUT2D eigenvalue weighted by atomic mass is 9.68. The minimum atomic E-state index is -0.243. The molecule has 0 radical (unpaired) electrons. The van der Waals surface area contributed by atoms with Gasteiger partial charge in [0.05, 0.1) is 12.7 Å². The third-order valence-corrected chi connectivity index (χ3v) is 6.43. The van der Waals surface area contributed by atoms with Gasteiger partial charge in [-0.05, 0) is 50.1 Å². The van der Waals surface area contributed by atoms with Gasteiger partial charge in [0.1, 0.15) is 0 Å². The van der Waals surface area contributed by atoms with Gasteiger partial charge in [-0.25, -0.2) is 0 Å². The van der Waals surface area contributed by atoms with Gasteiger partial charge >= 0.3 is 0 Å². The molecule has 1 aliphatic heterocycles. The highest BCUT2D eigenvalue weighted by atomic mass is 16.7. The van der Waals surface area contributed by atoms with Crippen molar-refractivity contribution in [2.24, 2.45) is 11.3 Å². The van der Waals surface area contributed by atoms with Crippen molar-refractivity contribution >= 4 is 0 Å². The summed E-state index contributed by atoms with van der Waals surface area (Å²) in [5.41, 5.74) is 0.460. The summed E-state index contributed by atoms with van der Waals surface area (Å²) in [6.07, 6.45) is 8.59. The van der Waals surface area contributed by atoms with Crippen LogP contribution in [0.5, 0.6) is 0 Å². The first-order valence-corrected chi connectivity index (χ1v) is 9.98. The average Bonchev–Trinajstić information content (AvgIpc) is 2.94. The second kappa shape index (κ2) is 8.31.